The summed E-state index contributed by atoms with van der Waals surface area (Å²) >= 11 is 1.86. The van der Waals surface area contributed by atoms with Crippen LogP contribution in [0.25, 0.3) is 0 Å². The van der Waals surface area contributed by atoms with Crippen LogP contribution in [-0.2, 0) is 6.42 Å². The van der Waals surface area contributed by atoms with Gasteiger partial charge in [-0.15, -0.1) is 0 Å². The van der Waals surface area contributed by atoms with E-state index in [2.05, 4.69) is 19.2 Å². The molecule has 0 amide bonds. The Morgan fingerprint density at radius 1 is 1.21 bits per heavy atom. The third-order valence-corrected chi connectivity index (χ3v) is 4.16. The van der Waals surface area contributed by atoms with Crippen molar-refractivity contribution in [2.45, 2.75) is 39.2 Å². The van der Waals surface area contributed by atoms with Gasteiger partial charge in [-0.05, 0) is 55.3 Å². The third-order valence-electron chi connectivity index (χ3n) is 2.82. The molecule has 1 N–H and O–H groups in total. The molecule has 0 aliphatic rings. The van der Waals surface area contributed by atoms with E-state index in [1.807, 2.05) is 11.8 Å². The fourth-order valence-corrected chi connectivity index (χ4v) is 2.85. The van der Waals surface area contributed by atoms with Gasteiger partial charge in [-0.3, -0.25) is 0 Å². The van der Waals surface area contributed by atoms with E-state index in [0.29, 0.717) is 12.0 Å². The van der Waals surface area contributed by atoms with Gasteiger partial charge in [0, 0.05) is 11.8 Å². The van der Waals surface area contributed by atoms with Crippen LogP contribution in [-0.4, -0.2) is 24.1 Å². The van der Waals surface area contributed by atoms with Gasteiger partial charge in [-0.25, -0.2) is 8.78 Å². The van der Waals surface area contributed by atoms with Crippen LogP contribution < -0.4 is 5.32 Å². The number of hydrogen-bond acceptors (Lipinski definition) is 2. The summed E-state index contributed by atoms with van der Waals surface area (Å²) in [5.74, 6) is 1.36. The molecule has 4 heteroatoms. The molecule has 1 aromatic carbocycles. The predicted octanol–water partition coefficient (Wildman–Crippen LogP) is 4.02. The maximum Gasteiger partial charge on any atom is 0.126 e. The number of halogens is 2. The Hall–Kier alpha value is -0.610. The lowest BCUT2D eigenvalue weighted by Crippen LogP contribution is -2.34. The molecule has 0 aliphatic heterocycles. The van der Waals surface area contributed by atoms with Crippen molar-refractivity contribution < 1.29 is 8.78 Å². The Bertz CT molecular complexity index is 371. The zero-order valence-electron chi connectivity index (χ0n) is 11.7. The molecule has 1 unspecified atom stereocenters. The predicted molar refractivity (Wildman–Crippen MR) is 79.8 cm³/mol. The summed E-state index contributed by atoms with van der Waals surface area (Å²) in [5, 5.41) is 3.41. The maximum absolute atomic E-state index is 13.6. The van der Waals surface area contributed by atoms with E-state index in [-0.39, 0.29) is 17.7 Å². The molecule has 0 spiro atoms. The molecule has 0 aliphatic carbocycles. The minimum absolute atomic E-state index is 0.202. The molecule has 19 heavy (non-hydrogen) atoms. The summed E-state index contributed by atoms with van der Waals surface area (Å²) in [5.41, 5.74) is 0.464. The topological polar surface area (TPSA) is 12.0 Å². The summed E-state index contributed by atoms with van der Waals surface area (Å²) < 4.78 is 26.8. The zero-order valence-corrected chi connectivity index (χ0v) is 12.5. The van der Waals surface area contributed by atoms with Crippen molar-refractivity contribution in [1.29, 1.82) is 0 Å². The van der Waals surface area contributed by atoms with Crippen molar-refractivity contribution in [3.05, 3.63) is 35.4 Å². The van der Waals surface area contributed by atoms with Crippen molar-refractivity contribution >= 4 is 11.8 Å². The molecule has 1 atom stereocenters. The van der Waals surface area contributed by atoms with Gasteiger partial charge in [-0.2, -0.15) is 11.8 Å². The second kappa shape index (κ2) is 9.32. The summed E-state index contributed by atoms with van der Waals surface area (Å²) in [6, 6.07) is 3.88. The van der Waals surface area contributed by atoms with Gasteiger partial charge in [0.15, 0.2) is 0 Å². The van der Waals surface area contributed by atoms with Crippen LogP contribution in [0.5, 0.6) is 0 Å². The standard InChI is InChI=1S/C15H23F2NS/c1-3-7-18-14(11-19-8-4-2)10-12-9-13(16)5-6-15(12)17/h5-6,9,14,18H,3-4,7-8,10-11H2,1-2H3. The molecule has 0 saturated carbocycles. The number of hydrogen-bond donors (Lipinski definition) is 1. The molecule has 0 heterocycles. The fourth-order valence-electron chi connectivity index (χ4n) is 1.87. The number of benzene rings is 1. The van der Waals surface area contributed by atoms with Gasteiger partial charge >= 0.3 is 0 Å². The van der Waals surface area contributed by atoms with Crippen LogP contribution >= 0.6 is 11.8 Å². The van der Waals surface area contributed by atoms with E-state index in [1.165, 1.54) is 18.2 Å². The van der Waals surface area contributed by atoms with Crippen molar-refractivity contribution in [2.75, 3.05) is 18.1 Å². The average molecular weight is 287 g/mol. The fraction of sp³-hybridized carbons (Fsp3) is 0.600. The molecular weight excluding hydrogens is 264 g/mol. The first-order valence-corrected chi connectivity index (χ1v) is 8.07. The Balaban J connectivity index is 2.61. The van der Waals surface area contributed by atoms with Crippen LogP contribution in [0.4, 0.5) is 8.78 Å². The lowest BCUT2D eigenvalue weighted by atomic mass is 10.1. The summed E-state index contributed by atoms with van der Waals surface area (Å²) in [6.07, 6.45) is 2.72. The zero-order chi connectivity index (χ0) is 14.1. The Morgan fingerprint density at radius 3 is 2.68 bits per heavy atom. The van der Waals surface area contributed by atoms with E-state index in [9.17, 15) is 8.78 Å². The second-order valence-corrected chi connectivity index (χ2v) is 5.82. The Labute approximate surface area is 119 Å². The Kier molecular flexibility index (Phi) is 8.07. The highest BCUT2D eigenvalue weighted by atomic mass is 32.2. The largest absolute Gasteiger partial charge is 0.313 e. The van der Waals surface area contributed by atoms with E-state index >= 15 is 0 Å². The van der Waals surface area contributed by atoms with Gasteiger partial charge in [0.2, 0.25) is 0 Å². The van der Waals surface area contributed by atoms with Crippen molar-refractivity contribution in [1.82, 2.24) is 5.32 Å². The minimum Gasteiger partial charge on any atom is -0.313 e. The van der Waals surface area contributed by atoms with E-state index in [1.54, 1.807) is 0 Å². The SMILES string of the molecule is CCCNC(CSCCC)Cc1cc(F)ccc1F. The maximum atomic E-state index is 13.6. The highest BCUT2D eigenvalue weighted by Gasteiger charge is 2.12. The first-order chi connectivity index (χ1) is 9.17. The first kappa shape index (κ1) is 16.4. The third kappa shape index (κ3) is 6.39. The summed E-state index contributed by atoms with van der Waals surface area (Å²) in [6.45, 7) is 5.16. The Morgan fingerprint density at radius 2 is 2.00 bits per heavy atom. The van der Waals surface area contributed by atoms with Gasteiger partial charge in [-0.1, -0.05) is 13.8 Å². The molecule has 0 saturated heterocycles. The van der Waals surface area contributed by atoms with Gasteiger partial charge in [0.25, 0.3) is 0 Å². The lowest BCUT2D eigenvalue weighted by molar-refractivity contribution is 0.525. The van der Waals surface area contributed by atoms with Crippen molar-refractivity contribution in [3.8, 4) is 0 Å². The van der Waals surface area contributed by atoms with E-state index in [0.717, 1.165) is 30.9 Å². The normalized spacial score (nSPS) is 12.6. The second-order valence-electron chi connectivity index (χ2n) is 4.67. The van der Waals surface area contributed by atoms with E-state index in [4.69, 9.17) is 0 Å². The molecule has 0 aromatic heterocycles. The van der Waals surface area contributed by atoms with E-state index < -0.39 is 0 Å². The van der Waals surface area contributed by atoms with Crippen molar-refractivity contribution in [2.24, 2.45) is 0 Å². The van der Waals surface area contributed by atoms with Gasteiger partial charge in [0.1, 0.15) is 11.6 Å². The molecular formula is C15H23F2NS. The molecule has 108 valence electrons. The minimum atomic E-state index is -0.369. The smallest absolute Gasteiger partial charge is 0.126 e. The molecule has 1 nitrogen and oxygen atoms in total. The highest BCUT2D eigenvalue weighted by molar-refractivity contribution is 7.99. The number of nitrogens with one attached hydrogen (secondary N) is 1. The quantitative estimate of drug-likeness (QED) is 0.689. The molecule has 1 rings (SSSR count). The average Bonchev–Trinajstić information content (AvgIpc) is 2.40. The van der Waals surface area contributed by atoms with Gasteiger partial charge < -0.3 is 5.32 Å². The molecule has 0 fully saturated rings. The molecule has 1 aromatic rings. The lowest BCUT2D eigenvalue weighted by Gasteiger charge is -2.18. The molecule has 0 bridgehead atoms. The van der Waals surface area contributed by atoms with Crippen molar-refractivity contribution in [3.63, 3.8) is 0 Å². The monoisotopic (exact) mass is 287 g/mol. The summed E-state index contributed by atoms with van der Waals surface area (Å²) in [7, 11) is 0. The first-order valence-electron chi connectivity index (χ1n) is 6.92. The number of thioether (sulfide) groups is 1. The summed E-state index contributed by atoms with van der Waals surface area (Å²) in [4.78, 5) is 0. The van der Waals surface area contributed by atoms with Crippen LogP contribution in [0.2, 0.25) is 0 Å². The van der Waals surface area contributed by atoms with Crippen LogP contribution in [0.1, 0.15) is 32.3 Å². The van der Waals surface area contributed by atoms with Crippen LogP contribution in [0, 0.1) is 11.6 Å². The van der Waals surface area contributed by atoms with Crippen LogP contribution in [0.15, 0.2) is 18.2 Å². The van der Waals surface area contributed by atoms with Gasteiger partial charge in [0.05, 0.1) is 0 Å². The highest BCUT2D eigenvalue weighted by Crippen LogP contribution is 2.14. The molecule has 0 radical (unpaired) electrons. The number of rotatable bonds is 9. The van der Waals surface area contributed by atoms with Crippen LogP contribution in [0.3, 0.4) is 0 Å².